The molecular formula is C19H25NO. The van der Waals surface area contributed by atoms with Crippen molar-refractivity contribution in [1.29, 1.82) is 0 Å². The van der Waals surface area contributed by atoms with E-state index in [4.69, 9.17) is 4.74 Å². The first-order valence-electron chi connectivity index (χ1n) is 7.83. The average Bonchev–Trinajstić information content (AvgIpc) is 2.55. The summed E-state index contributed by atoms with van der Waals surface area (Å²) in [5.74, 6) is 0.954. The lowest BCUT2D eigenvalue weighted by molar-refractivity contribution is 0.317. The van der Waals surface area contributed by atoms with Gasteiger partial charge in [0.15, 0.2) is 0 Å². The van der Waals surface area contributed by atoms with Crippen LogP contribution in [-0.2, 0) is 6.54 Å². The molecule has 0 aliphatic heterocycles. The van der Waals surface area contributed by atoms with E-state index in [1.807, 2.05) is 0 Å². The van der Waals surface area contributed by atoms with Crippen LogP contribution in [0.25, 0.3) is 0 Å². The molecule has 1 N–H and O–H groups in total. The highest BCUT2D eigenvalue weighted by molar-refractivity contribution is 5.27. The summed E-state index contributed by atoms with van der Waals surface area (Å²) in [5.41, 5.74) is 2.64. The summed E-state index contributed by atoms with van der Waals surface area (Å²) in [7, 11) is 0. The van der Waals surface area contributed by atoms with E-state index in [0.29, 0.717) is 6.04 Å². The largest absolute Gasteiger partial charge is 0.494 e. The van der Waals surface area contributed by atoms with E-state index in [2.05, 4.69) is 73.8 Å². The van der Waals surface area contributed by atoms with Gasteiger partial charge in [0.1, 0.15) is 5.75 Å². The molecule has 2 aromatic rings. The van der Waals surface area contributed by atoms with Crippen LogP contribution in [-0.4, -0.2) is 6.61 Å². The van der Waals surface area contributed by atoms with Gasteiger partial charge in [-0.2, -0.15) is 0 Å². The van der Waals surface area contributed by atoms with E-state index in [-0.39, 0.29) is 0 Å². The van der Waals surface area contributed by atoms with Crippen molar-refractivity contribution in [2.75, 3.05) is 6.61 Å². The van der Waals surface area contributed by atoms with Gasteiger partial charge in [-0.15, -0.1) is 0 Å². The van der Waals surface area contributed by atoms with Crippen LogP contribution in [0.5, 0.6) is 5.75 Å². The molecule has 0 aliphatic carbocycles. The van der Waals surface area contributed by atoms with Gasteiger partial charge in [0, 0.05) is 12.6 Å². The van der Waals surface area contributed by atoms with Crippen LogP contribution in [0.3, 0.4) is 0 Å². The van der Waals surface area contributed by atoms with E-state index < -0.39 is 0 Å². The smallest absolute Gasteiger partial charge is 0.119 e. The van der Waals surface area contributed by atoms with E-state index in [1.54, 1.807) is 0 Å². The Bertz CT molecular complexity index is 507. The number of hydrogen-bond acceptors (Lipinski definition) is 2. The number of hydrogen-bond donors (Lipinski definition) is 1. The maximum absolute atomic E-state index is 5.61. The maximum Gasteiger partial charge on any atom is 0.119 e. The van der Waals surface area contributed by atoms with Crippen molar-refractivity contribution in [3.8, 4) is 5.75 Å². The third kappa shape index (κ3) is 4.91. The molecule has 0 amide bonds. The second-order valence-corrected chi connectivity index (χ2v) is 5.24. The van der Waals surface area contributed by atoms with Crippen LogP contribution in [0.4, 0.5) is 0 Å². The molecule has 21 heavy (non-hydrogen) atoms. The van der Waals surface area contributed by atoms with Crippen molar-refractivity contribution in [1.82, 2.24) is 5.32 Å². The Balaban J connectivity index is 1.89. The van der Waals surface area contributed by atoms with Crippen molar-refractivity contribution in [3.63, 3.8) is 0 Å². The number of benzene rings is 2. The van der Waals surface area contributed by atoms with E-state index in [9.17, 15) is 0 Å². The fourth-order valence-electron chi connectivity index (χ4n) is 2.35. The number of nitrogens with one attached hydrogen (secondary N) is 1. The predicted molar refractivity (Wildman–Crippen MR) is 88.5 cm³/mol. The molecule has 0 fully saturated rings. The molecule has 0 saturated carbocycles. The quantitative estimate of drug-likeness (QED) is 0.757. The molecule has 0 radical (unpaired) electrons. The van der Waals surface area contributed by atoms with Crippen molar-refractivity contribution in [2.24, 2.45) is 0 Å². The molecule has 2 aromatic carbocycles. The Labute approximate surface area is 128 Å². The number of ether oxygens (including phenoxy) is 1. The summed E-state index contributed by atoms with van der Waals surface area (Å²) >= 11 is 0. The zero-order valence-electron chi connectivity index (χ0n) is 13.0. The zero-order valence-corrected chi connectivity index (χ0v) is 13.0. The van der Waals surface area contributed by atoms with Gasteiger partial charge in [-0.1, -0.05) is 56.3 Å². The Hall–Kier alpha value is -1.80. The minimum atomic E-state index is 0.405. The fraction of sp³-hybridized carbons (Fsp3) is 0.368. The SMILES string of the molecule is CCCOc1ccc(CNC(CC)c2ccccc2)cc1. The highest BCUT2D eigenvalue weighted by atomic mass is 16.5. The van der Waals surface area contributed by atoms with E-state index in [0.717, 1.165) is 31.7 Å². The zero-order chi connectivity index (χ0) is 14.9. The van der Waals surface area contributed by atoms with Crippen LogP contribution in [0.15, 0.2) is 54.6 Å². The predicted octanol–water partition coefficient (Wildman–Crippen LogP) is 4.72. The molecule has 2 rings (SSSR count). The summed E-state index contributed by atoms with van der Waals surface area (Å²) in [6.07, 6.45) is 2.13. The first kappa shape index (κ1) is 15.6. The first-order valence-corrected chi connectivity index (χ1v) is 7.83. The van der Waals surface area contributed by atoms with Crippen LogP contribution in [0, 0.1) is 0 Å². The molecule has 0 heterocycles. The van der Waals surface area contributed by atoms with Gasteiger partial charge in [0.05, 0.1) is 6.61 Å². The fourth-order valence-corrected chi connectivity index (χ4v) is 2.35. The summed E-state index contributed by atoms with van der Waals surface area (Å²) < 4.78 is 5.61. The van der Waals surface area contributed by atoms with Gasteiger partial charge in [-0.25, -0.2) is 0 Å². The summed E-state index contributed by atoms with van der Waals surface area (Å²) in [6, 6.07) is 19.4. The second kappa shape index (κ2) is 8.48. The molecule has 1 unspecified atom stereocenters. The topological polar surface area (TPSA) is 21.3 Å². The van der Waals surface area contributed by atoms with Crippen molar-refractivity contribution >= 4 is 0 Å². The normalized spacial score (nSPS) is 12.1. The van der Waals surface area contributed by atoms with Gasteiger partial charge in [0.2, 0.25) is 0 Å². The minimum absolute atomic E-state index is 0.405. The Morgan fingerprint density at radius 2 is 1.67 bits per heavy atom. The van der Waals surface area contributed by atoms with Crippen LogP contribution < -0.4 is 10.1 Å². The maximum atomic E-state index is 5.61. The monoisotopic (exact) mass is 283 g/mol. The molecule has 2 heteroatoms. The molecule has 112 valence electrons. The molecule has 2 nitrogen and oxygen atoms in total. The third-order valence-corrected chi connectivity index (χ3v) is 3.56. The van der Waals surface area contributed by atoms with Gasteiger partial charge in [-0.05, 0) is 36.1 Å². The van der Waals surface area contributed by atoms with Crippen molar-refractivity contribution in [2.45, 2.75) is 39.3 Å². The Kier molecular flexibility index (Phi) is 6.29. The van der Waals surface area contributed by atoms with E-state index >= 15 is 0 Å². The van der Waals surface area contributed by atoms with Gasteiger partial charge >= 0.3 is 0 Å². The Morgan fingerprint density at radius 1 is 0.952 bits per heavy atom. The molecule has 0 spiro atoms. The summed E-state index contributed by atoms with van der Waals surface area (Å²) in [5, 5.41) is 3.62. The standard InChI is InChI=1S/C19H25NO/c1-3-14-21-18-12-10-16(11-13-18)15-20-19(4-2)17-8-6-5-7-9-17/h5-13,19-20H,3-4,14-15H2,1-2H3. The molecular weight excluding hydrogens is 258 g/mol. The molecule has 1 atom stereocenters. The van der Waals surface area contributed by atoms with Crippen LogP contribution in [0.1, 0.15) is 43.9 Å². The van der Waals surface area contributed by atoms with Crippen molar-refractivity contribution < 1.29 is 4.74 Å². The third-order valence-electron chi connectivity index (χ3n) is 3.56. The minimum Gasteiger partial charge on any atom is -0.494 e. The molecule has 0 aliphatic rings. The van der Waals surface area contributed by atoms with Gasteiger partial charge < -0.3 is 10.1 Å². The van der Waals surface area contributed by atoms with Gasteiger partial charge in [-0.3, -0.25) is 0 Å². The molecule has 0 saturated heterocycles. The molecule has 0 bridgehead atoms. The second-order valence-electron chi connectivity index (χ2n) is 5.24. The number of rotatable bonds is 8. The van der Waals surface area contributed by atoms with Crippen molar-refractivity contribution in [3.05, 3.63) is 65.7 Å². The lowest BCUT2D eigenvalue weighted by atomic mass is 10.0. The average molecular weight is 283 g/mol. The summed E-state index contributed by atoms with van der Waals surface area (Å²) in [6.45, 7) is 5.99. The molecule has 0 aromatic heterocycles. The summed E-state index contributed by atoms with van der Waals surface area (Å²) in [4.78, 5) is 0. The van der Waals surface area contributed by atoms with E-state index in [1.165, 1.54) is 11.1 Å². The van der Waals surface area contributed by atoms with Crippen LogP contribution >= 0.6 is 0 Å². The first-order chi connectivity index (χ1) is 10.3. The highest BCUT2D eigenvalue weighted by Crippen LogP contribution is 2.18. The highest BCUT2D eigenvalue weighted by Gasteiger charge is 2.07. The lowest BCUT2D eigenvalue weighted by Gasteiger charge is -2.17. The van der Waals surface area contributed by atoms with Gasteiger partial charge in [0.25, 0.3) is 0 Å². The van der Waals surface area contributed by atoms with Crippen LogP contribution in [0.2, 0.25) is 0 Å². The lowest BCUT2D eigenvalue weighted by Crippen LogP contribution is -2.20. The Morgan fingerprint density at radius 3 is 2.29 bits per heavy atom.